The highest BCUT2D eigenvalue weighted by Gasteiger charge is 2.19. The number of benzene rings is 3. The molecule has 3 aromatic carbocycles. The van der Waals surface area contributed by atoms with Crippen LogP contribution in [0.1, 0.15) is 24.0 Å². The molecule has 2 aliphatic rings. The zero-order valence-corrected chi connectivity index (χ0v) is 25.9. The van der Waals surface area contributed by atoms with Gasteiger partial charge in [0.25, 0.3) is 0 Å². The summed E-state index contributed by atoms with van der Waals surface area (Å²) in [6, 6.07) is 21.8. The summed E-state index contributed by atoms with van der Waals surface area (Å²) in [7, 11) is 0. The fourth-order valence-electron chi connectivity index (χ4n) is 5.78. The van der Waals surface area contributed by atoms with Gasteiger partial charge in [0.1, 0.15) is 13.2 Å². The van der Waals surface area contributed by atoms with Crippen LogP contribution in [0.3, 0.4) is 0 Å². The molecule has 2 aliphatic heterocycles. The van der Waals surface area contributed by atoms with Crippen molar-refractivity contribution in [1.82, 2.24) is 24.0 Å². The van der Waals surface area contributed by atoms with E-state index >= 15 is 0 Å². The number of anilines is 1. The molecular weight excluding hydrogens is 588 g/mol. The Morgan fingerprint density at radius 3 is 1.89 bits per heavy atom. The summed E-state index contributed by atoms with van der Waals surface area (Å²) in [6.07, 6.45) is 5.67. The summed E-state index contributed by atoms with van der Waals surface area (Å²) in [4.78, 5) is 13.6. The third-order valence-electron chi connectivity index (χ3n) is 8.17. The number of piperazine rings is 1. The molecule has 0 saturated carbocycles. The molecule has 1 saturated heterocycles. The molecule has 0 N–H and O–H groups in total. The summed E-state index contributed by atoms with van der Waals surface area (Å²) >= 11 is 5.64. The van der Waals surface area contributed by atoms with Gasteiger partial charge in [0.15, 0.2) is 11.5 Å². The molecule has 5 aromatic rings. The van der Waals surface area contributed by atoms with Crippen molar-refractivity contribution in [3.05, 3.63) is 78.4 Å². The van der Waals surface area contributed by atoms with Crippen molar-refractivity contribution in [2.24, 2.45) is 0 Å². The van der Waals surface area contributed by atoms with Crippen LogP contribution in [0.2, 0.25) is 0 Å². The number of nitriles is 2. The van der Waals surface area contributed by atoms with Crippen molar-refractivity contribution in [3.8, 4) is 23.6 Å². The summed E-state index contributed by atoms with van der Waals surface area (Å²) < 4.78 is 15.6. The minimum absolute atomic E-state index is 0.621. The first kappa shape index (κ1) is 30.3. The number of rotatable bonds is 8. The first-order valence-electron chi connectivity index (χ1n) is 15.3. The van der Waals surface area contributed by atoms with Crippen molar-refractivity contribution in [1.29, 1.82) is 10.5 Å². The number of aromatic nitrogens is 4. The summed E-state index contributed by atoms with van der Waals surface area (Å²) in [5.41, 5.74) is 6.41. The molecule has 0 amide bonds. The maximum absolute atomic E-state index is 9.03. The molecule has 0 spiro atoms. The zero-order chi connectivity index (χ0) is 31.0. The molecule has 10 nitrogen and oxygen atoms in total. The van der Waals surface area contributed by atoms with E-state index in [1.807, 2.05) is 36.7 Å². The maximum Gasteiger partial charge on any atom is 0.163 e. The van der Waals surface area contributed by atoms with Crippen molar-refractivity contribution >= 4 is 39.4 Å². The normalized spacial score (nSPS) is 14.5. The lowest BCUT2D eigenvalue weighted by molar-refractivity contribution is 0.171. The quantitative estimate of drug-likeness (QED) is 0.211. The van der Waals surface area contributed by atoms with Crippen LogP contribution in [0.5, 0.6) is 11.5 Å². The van der Waals surface area contributed by atoms with Crippen LogP contribution >= 0.6 is 11.6 Å². The van der Waals surface area contributed by atoms with Crippen LogP contribution in [0.25, 0.3) is 22.1 Å². The Morgan fingerprint density at radius 1 is 0.689 bits per heavy atom. The molecule has 0 atom stereocenters. The van der Waals surface area contributed by atoms with Gasteiger partial charge in [-0.2, -0.15) is 10.5 Å². The van der Waals surface area contributed by atoms with Crippen molar-refractivity contribution in [2.45, 2.75) is 25.9 Å². The Bertz CT molecular complexity index is 1840. The first-order valence-corrected chi connectivity index (χ1v) is 15.8. The average molecular weight is 623 g/mol. The van der Waals surface area contributed by atoms with E-state index in [4.69, 9.17) is 31.6 Å². The molecular formula is C34H35ClN8O2. The minimum Gasteiger partial charge on any atom is -0.486 e. The monoisotopic (exact) mass is 622 g/mol. The van der Waals surface area contributed by atoms with Crippen LogP contribution in [-0.4, -0.2) is 75.8 Å². The van der Waals surface area contributed by atoms with Crippen LogP contribution in [0.15, 0.2) is 67.3 Å². The SMILES string of the molecule is N#Cc1ccc2c(c1)ncn2CCCCl.N#Cc1ccc2c(c1)ncn2CCCN1CCN(c2ccc3c(c2)OCCO3)CC1. The second-order valence-corrected chi connectivity index (χ2v) is 11.4. The van der Waals surface area contributed by atoms with Gasteiger partial charge in [-0.25, -0.2) is 9.97 Å². The van der Waals surface area contributed by atoms with Crippen LogP contribution < -0.4 is 14.4 Å². The van der Waals surface area contributed by atoms with Gasteiger partial charge in [-0.15, -0.1) is 11.6 Å². The number of ether oxygens (including phenoxy) is 2. The van der Waals surface area contributed by atoms with Crippen LogP contribution in [-0.2, 0) is 13.1 Å². The van der Waals surface area contributed by atoms with Crippen LogP contribution in [0, 0.1) is 22.7 Å². The highest BCUT2D eigenvalue weighted by atomic mass is 35.5. The summed E-state index contributed by atoms with van der Waals surface area (Å²) in [5, 5.41) is 17.8. The molecule has 0 unspecified atom stereocenters. The number of alkyl halides is 1. The van der Waals surface area contributed by atoms with Gasteiger partial charge in [0.05, 0.1) is 58.0 Å². The third kappa shape index (κ3) is 7.15. The number of hydrogen-bond acceptors (Lipinski definition) is 8. The maximum atomic E-state index is 9.03. The smallest absolute Gasteiger partial charge is 0.163 e. The predicted octanol–water partition coefficient (Wildman–Crippen LogP) is 5.43. The Balaban J connectivity index is 0.000000200. The highest BCUT2D eigenvalue weighted by Crippen LogP contribution is 2.34. The number of halogens is 1. The standard InChI is InChI=1S/C23H25N5O2.C11H10ClN3/c24-16-18-2-4-21-20(14-18)25-17-28(21)7-1-6-26-8-10-27(11-9-26)19-3-5-22-23(15-19)30-13-12-29-22;12-4-1-5-15-8-14-10-6-9(7-13)2-3-11(10)15/h2-5,14-15,17H,1,6-13H2;2-3,6,8H,1,4-5H2. The van der Waals surface area contributed by atoms with Crippen molar-refractivity contribution in [3.63, 3.8) is 0 Å². The van der Waals surface area contributed by atoms with Crippen molar-refractivity contribution < 1.29 is 9.47 Å². The van der Waals surface area contributed by atoms with Gasteiger partial charge < -0.3 is 23.5 Å². The minimum atomic E-state index is 0.621. The molecule has 0 bridgehead atoms. The third-order valence-corrected chi connectivity index (χ3v) is 8.44. The molecule has 45 heavy (non-hydrogen) atoms. The van der Waals surface area contributed by atoms with Gasteiger partial charge in [-0.1, -0.05) is 0 Å². The largest absolute Gasteiger partial charge is 0.486 e. The Kier molecular flexibility index (Phi) is 9.64. The number of nitrogens with zero attached hydrogens (tertiary/aromatic N) is 8. The molecule has 2 aromatic heterocycles. The van der Waals surface area contributed by atoms with E-state index in [2.05, 4.69) is 53.2 Å². The van der Waals surface area contributed by atoms with Crippen molar-refractivity contribution in [2.75, 3.05) is 56.7 Å². The van der Waals surface area contributed by atoms with E-state index < -0.39 is 0 Å². The number of imidazole rings is 2. The van der Waals surface area contributed by atoms with Gasteiger partial charge >= 0.3 is 0 Å². The predicted molar refractivity (Wildman–Crippen MR) is 175 cm³/mol. The summed E-state index contributed by atoms with van der Waals surface area (Å²) in [6.45, 7) is 8.28. The second-order valence-electron chi connectivity index (χ2n) is 11.1. The van der Waals surface area contributed by atoms with Crippen LogP contribution in [0.4, 0.5) is 5.69 Å². The second kappa shape index (κ2) is 14.3. The van der Waals surface area contributed by atoms with Gasteiger partial charge in [0, 0.05) is 56.9 Å². The van der Waals surface area contributed by atoms with Gasteiger partial charge in [-0.3, -0.25) is 4.90 Å². The Hall–Kier alpha value is -4.77. The molecule has 1 fully saturated rings. The van der Waals surface area contributed by atoms with E-state index in [0.29, 0.717) is 30.2 Å². The number of hydrogen-bond donors (Lipinski definition) is 0. The van der Waals surface area contributed by atoms with Gasteiger partial charge in [-0.05, 0) is 67.9 Å². The lowest BCUT2D eigenvalue weighted by Crippen LogP contribution is -2.46. The number of aryl methyl sites for hydroxylation is 2. The molecule has 0 radical (unpaired) electrons. The first-order chi connectivity index (χ1) is 22.1. The topological polar surface area (TPSA) is 108 Å². The highest BCUT2D eigenvalue weighted by molar-refractivity contribution is 6.17. The Morgan fingerprint density at radius 2 is 1.29 bits per heavy atom. The lowest BCUT2D eigenvalue weighted by Gasteiger charge is -2.36. The Labute approximate surface area is 267 Å². The fourth-order valence-corrected chi connectivity index (χ4v) is 5.90. The fraction of sp³-hybridized carbons (Fsp3) is 0.353. The molecule has 0 aliphatic carbocycles. The van der Waals surface area contributed by atoms with E-state index in [1.165, 1.54) is 5.69 Å². The molecule has 230 valence electrons. The van der Waals surface area contributed by atoms with E-state index in [1.54, 1.807) is 18.5 Å². The molecule has 4 heterocycles. The average Bonchev–Trinajstić information content (AvgIpc) is 3.70. The number of fused-ring (bicyclic) bond motifs is 3. The van der Waals surface area contributed by atoms with E-state index in [0.717, 1.165) is 92.2 Å². The molecule has 11 heteroatoms. The molecule has 7 rings (SSSR count). The lowest BCUT2D eigenvalue weighted by atomic mass is 10.2. The van der Waals surface area contributed by atoms with E-state index in [-0.39, 0.29) is 0 Å². The zero-order valence-electron chi connectivity index (χ0n) is 25.1. The summed E-state index contributed by atoms with van der Waals surface area (Å²) in [5.74, 6) is 2.35. The van der Waals surface area contributed by atoms with E-state index in [9.17, 15) is 0 Å². The van der Waals surface area contributed by atoms with Gasteiger partial charge in [0.2, 0.25) is 0 Å².